The van der Waals surface area contributed by atoms with Gasteiger partial charge in [0.15, 0.2) is 0 Å². The van der Waals surface area contributed by atoms with Crippen molar-refractivity contribution in [3.8, 4) is 0 Å². The zero-order valence-electron chi connectivity index (χ0n) is 11.4. The van der Waals surface area contributed by atoms with Crippen LogP contribution in [0.2, 0.25) is 5.02 Å². The van der Waals surface area contributed by atoms with Gasteiger partial charge in [0.2, 0.25) is 0 Å². The second-order valence-electron chi connectivity index (χ2n) is 4.69. The predicted octanol–water partition coefficient (Wildman–Crippen LogP) is 5.66. The van der Waals surface area contributed by atoms with Crippen LogP contribution in [0.15, 0.2) is 47.1 Å². The van der Waals surface area contributed by atoms with Gasteiger partial charge >= 0.3 is 0 Å². The van der Waals surface area contributed by atoms with Gasteiger partial charge in [0, 0.05) is 22.5 Å². The van der Waals surface area contributed by atoms with E-state index in [4.69, 9.17) is 11.6 Å². The molecule has 0 spiro atoms. The molecule has 21 heavy (non-hydrogen) atoms. The Morgan fingerprint density at radius 1 is 1.33 bits per heavy atom. The van der Waals surface area contributed by atoms with Gasteiger partial charge in [0.25, 0.3) is 0 Å². The van der Waals surface area contributed by atoms with Crippen LogP contribution in [-0.2, 0) is 0 Å². The minimum absolute atomic E-state index is 0.00156. The Bertz CT molecular complexity index is 637. The van der Waals surface area contributed by atoms with Crippen LogP contribution in [0.25, 0.3) is 0 Å². The summed E-state index contributed by atoms with van der Waals surface area (Å²) in [6, 6.07) is 5.28. The lowest BCUT2D eigenvalue weighted by atomic mass is 9.97. The van der Waals surface area contributed by atoms with E-state index in [1.165, 1.54) is 0 Å². The maximum atomic E-state index is 11.2. The fourth-order valence-electron chi connectivity index (χ4n) is 2.16. The van der Waals surface area contributed by atoms with Gasteiger partial charge < -0.3 is 0 Å². The van der Waals surface area contributed by atoms with E-state index >= 15 is 0 Å². The molecule has 0 radical (unpaired) electrons. The van der Waals surface area contributed by atoms with Crippen molar-refractivity contribution in [2.45, 2.75) is 23.0 Å². The average Bonchev–Trinajstić information content (AvgIpc) is 2.70. The number of halogens is 3. The molecule has 0 aliphatic carbocycles. The highest BCUT2D eigenvalue weighted by Gasteiger charge is 2.25. The van der Waals surface area contributed by atoms with Crippen molar-refractivity contribution in [3.63, 3.8) is 0 Å². The zero-order chi connectivity index (χ0) is 15.4. The summed E-state index contributed by atoms with van der Waals surface area (Å²) in [5.41, 5.74) is 3.57. The number of aldehydes is 1. The van der Waals surface area contributed by atoms with E-state index in [1.54, 1.807) is 12.1 Å². The number of benzene rings is 1. The Kier molecular flexibility index (Phi) is 5.97. The molecular weight excluding hydrogens is 417 g/mol. The lowest BCUT2D eigenvalue weighted by Gasteiger charge is -2.21. The lowest BCUT2D eigenvalue weighted by Crippen LogP contribution is -2.16. The van der Waals surface area contributed by atoms with Gasteiger partial charge in [-0.15, -0.1) is 0 Å². The standard InChI is InChI=1S/C16H14Br2ClNO/c1-10-13(4-2-3-7-20-10)15(17)16(18)14-8-12(19)6-5-11(14)9-21/h3-9,15-16H,2H2,1H3. The number of hydrogen-bond acceptors (Lipinski definition) is 2. The van der Waals surface area contributed by atoms with E-state index in [-0.39, 0.29) is 9.65 Å². The number of hydrogen-bond donors (Lipinski definition) is 0. The third kappa shape index (κ3) is 3.93. The van der Waals surface area contributed by atoms with E-state index < -0.39 is 0 Å². The molecule has 110 valence electrons. The monoisotopic (exact) mass is 429 g/mol. The van der Waals surface area contributed by atoms with Gasteiger partial charge in [0.05, 0.1) is 9.65 Å². The molecule has 0 N–H and O–H groups in total. The number of nitrogens with zero attached hydrogens (tertiary/aromatic N) is 1. The van der Waals surface area contributed by atoms with Gasteiger partial charge in [-0.1, -0.05) is 55.6 Å². The Balaban J connectivity index is 2.35. The molecule has 0 saturated heterocycles. The van der Waals surface area contributed by atoms with Crippen LogP contribution in [0.3, 0.4) is 0 Å². The molecular formula is C16H14Br2ClNO. The van der Waals surface area contributed by atoms with Gasteiger partial charge in [-0.25, -0.2) is 0 Å². The van der Waals surface area contributed by atoms with E-state index in [1.807, 2.05) is 25.3 Å². The van der Waals surface area contributed by atoms with E-state index in [9.17, 15) is 4.79 Å². The molecule has 2 rings (SSSR count). The topological polar surface area (TPSA) is 29.4 Å². The van der Waals surface area contributed by atoms with Crippen molar-refractivity contribution in [2.24, 2.45) is 4.99 Å². The SMILES string of the molecule is CC1=NC=CCC=C1C(Br)C(Br)c1cc(Cl)ccc1C=O. The molecule has 0 amide bonds. The number of carbonyl (C=O) groups excluding carboxylic acids is 1. The van der Waals surface area contributed by atoms with Crippen molar-refractivity contribution in [2.75, 3.05) is 0 Å². The first-order chi connectivity index (χ1) is 10.0. The Hall–Kier alpha value is -0.710. The molecule has 0 aromatic heterocycles. The number of allylic oxidation sites excluding steroid dienone is 3. The van der Waals surface area contributed by atoms with Gasteiger partial charge in [0.1, 0.15) is 6.29 Å². The molecule has 0 bridgehead atoms. The van der Waals surface area contributed by atoms with E-state index in [0.717, 1.165) is 29.6 Å². The molecule has 1 aromatic rings. The van der Waals surface area contributed by atoms with E-state index in [0.29, 0.717) is 10.6 Å². The normalized spacial score (nSPS) is 17.5. The summed E-state index contributed by atoms with van der Waals surface area (Å²) in [7, 11) is 0. The van der Waals surface area contributed by atoms with Crippen LogP contribution in [0, 0.1) is 0 Å². The minimum Gasteiger partial charge on any atom is -0.298 e. The second kappa shape index (κ2) is 7.52. The molecule has 1 aliphatic rings. The highest BCUT2D eigenvalue weighted by atomic mass is 79.9. The highest BCUT2D eigenvalue weighted by Crippen LogP contribution is 2.38. The lowest BCUT2D eigenvalue weighted by molar-refractivity contribution is 0.112. The number of carbonyl (C=O) groups is 1. The van der Waals surface area contributed by atoms with Crippen LogP contribution in [0.5, 0.6) is 0 Å². The van der Waals surface area contributed by atoms with Crippen LogP contribution in [0.4, 0.5) is 0 Å². The maximum Gasteiger partial charge on any atom is 0.150 e. The molecule has 1 aliphatic heterocycles. The molecule has 2 nitrogen and oxygen atoms in total. The van der Waals surface area contributed by atoms with Crippen molar-refractivity contribution in [1.82, 2.24) is 0 Å². The first-order valence-electron chi connectivity index (χ1n) is 6.47. The molecule has 1 heterocycles. The third-order valence-electron chi connectivity index (χ3n) is 3.29. The van der Waals surface area contributed by atoms with Crippen molar-refractivity contribution >= 4 is 55.5 Å². The summed E-state index contributed by atoms with van der Waals surface area (Å²) in [6.07, 6.45) is 7.66. The largest absolute Gasteiger partial charge is 0.298 e. The van der Waals surface area contributed by atoms with Crippen LogP contribution in [-0.4, -0.2) is 16.8 Å². The van der Waals surface area contributed by atoms with E-state index in [2.05, 4.69) is 42.9 Å². The summed E-state index contributed by atoms with van der Waals surface area (Å²) in [4.78, 5) is 15.5. The molecule has 2 atom stereocenters. The zero-order valence-corrected chi connectivity index (χ0v) is 15.3. The summed E-state index contributed by atoms with van der Waals surface area (Å²) in [6.45, 7) is 1.98. The fraction of sp³-hybridized carbons (Fsp3) is 0.250. The van der Waals surface area contributed by atoms with Gasteiger partial charge in [-0.2, -0.15) is 0 Å². The Morgan fingerprint density at radius 3 is 2.81 bits per heavy atom. The van der Waals surface area contributed by atoms with Crippen LogP contribution in [0.1, 0.15) is 34.1 Å². The number of alkyl halides is 2. The molecule has 0 saturated carbocycles. The van der Waals surface area contributed by atoms with Crippen LogP contribution < -0.4 is 0 Å². The molecule has 0 fully saturated rings. The van der Waals surface area contributed by atoms with Crippen molar-refractivity contribution in [3.05, 3.63) is 58.3 Å². The predicted molar refractivity (Wildman–Crippen MR) is 96.2 cm³/mol. The first kappa shape index (κ1) is 16.7. The third-order valence-corrected chi connectivity index (χ3v) is 6.28. The summed E-state index contributed by atoms with van der Waals surface area (Å²) >= 11 is 13.5. The highest BCUT2D eigenvalue weighted by molar-refractivity contribution is 9.12. The maximum absolute atomic E-state index is 11.2. The van der Waals surface area contributed by atoms with Gasteiger partial charge in [-0.3, -0.25) is 9.79 Å². The second-order valence-corrected chi connectivity index (χ2v) is 7.10. The molecule has 1 aromatic carbocycles. The van der Waals surface area contributed by atoms with Crippen molar-refractivity contribution < 1.29 is 4.79 Å². The smallest absolute Gasteiger partial charge is 0.150 e. The minimum atomic E-state index is -0.0779. The summed E-state index contributed by atoms with van der Waals surface area (Å²) in [5.74, 6) is 0. The van der Waals surface area contributed by atoms with Crippen LogP contribution >= 0.6 is 43.5 Å². The summed E-state index contributed by atoms with van der Waals surface area (Å²) < 4.78 is 0. The number of rotatable bonds is 4. The van der Waals surface area contributed by atoms with Gasteiger partial charge in [-0.05, 0) is 42.7 Å². The average molecular weight is 432 g/mol. The summed E-state index contributed by atoms with van der Waals surface area (Å²) in [5, 5.41) is 0.613. The molecule has 5 heteroatoms. The quantitative estimate of drug-likeness (QED) is 0.447. The molecule has 2 unspecified atom stereocenters. The Morgan fingerprint density at radius 2 is 2.10 bits per heavy atom. The number of aliphatic imine (C=N–C) groups is 1. The first-order valence-corrected chi connectivity index (χ1v) is 8.68. The Labute approximate surface area is 146 Å². The van der Waals surface area contributed by atoms with Crippen molar-refractivity contribution in [1.29, 1.82) is 0 Å². The fourth-order valence-corrected chi connectivity index (χ4v) is 3.83.